The molecule has 0 saturated carbocycles. The standard InChI is InChI=1S/C10H17.ClH.Mg/c1-5-10(4)8-6-7-9(2)3;;/h5,7H,1,6,8H2,2-4H3;1H;/q-1;;+2/p-1/b10-5+;;. The third-order valence-corrected chi connectivity index (χ3v) is 1.44. The Balaban J connectivity index is -0.000000405. The van der Waals surface area contributed by atoms with Gasteiger partial charge < -0.3 is 12.4 Å². The molecule has 0 N–H and O–H groups in total. The van der Waals surface area contributed by atoms with Gasteiger partial charge in [0, 0.05) is 0 Å². The van der Waals surface area contributed by atoms with Crippen LogP contribution in [0.1, 0.15) is 33.6 Å². The van der Waals surface area contributed by atoms with E-state index in [0.717, 1.165) is 12.8 Å². The van der Waals surface area contributed by atoms with Crippen molar-refractivity contribution in [3.05, 3.63) is 30.2 Å². The van der Waals surface area contributed by atoms with Gasteiger partial charge in [-0.1, -0.05) is 18.1 Å². The normalized spacial score (nSPS) is 9.42. The van der Waals surface area contributed by atoms with Crippen LogP contribution in [0, 0.1) is 6.92 Å². The second-order valence-electron chi connectivity index (χ2n) is 2.87. The van der Waals surface area contributed by atoms with E-state index in [0.29, 0.717) is 0 Å². The van der Waals surface area contributed by atoms with Crippen LogP contribution in [0.2, 0.25) is 0 Å². The molecular formula is C10H17ClMg. The molecule has 0 saturated heterocycles. The Kier molecular flexibility index (Phi) is 17.3. The van der Waals surface area contributed by atoms with Crippen molar-refractivity contribution in [1.82, 2.24) is 0 Å². The van der Waals surface area contributed by atoms with E-state index in [1.165, 1.54) is 11.1 Å². The predicted molar refractivity (Wildman–Crippen MR) is 53.5 cm³/mol. The first kappa shape index (κ1) is 18.2. The maximum atomic E-state index is 3.70. The van der Waals surface area contributed by atoms with Gasteiger partial charge in [0.25, 0.3) is 0 Å². The third kappa shape index (κ3) is 13.0. The molecule has 0 rings (SSSR count). The van der Waals surface area contributed by atoms with Crippen molar-refractivity contribution in [3.8, 4) is 0 Å². The van der Waals surface area contributed by atoms with Crippen molar-refractivity contribution in [2.75, 3.05) is 0 Å². The van der Waals surface area contributed by atoms with Gasteiger partial charge in [0.1, 0.15) is 0 Å². The molecule has 0 aromatic carbocycles. The average Bonchev–Trinajstić information content (AvgIpc) is 1.87. The predicted octanol–water partition coefficient (Wildman–Crippen LogP) is 0.136. The summed E-state index contributed by atoms with van der Waals surface area (Å²) in [6.45, 7) is 10.1. The first-order chi connectivity index (χ1) is 4.66. The second kappa shape index (κ2) is 11.4. The van der Waals surface area contributed by atoms with Gasteiger partial charge in [0.05, 0.1) is 0 Å². The molecule has 0 unspecified atom stereocenters. The van der Waals surface area contributed by atoms with Crippen LogP contribution in [0.15, 0.2) is 23.3 Å². The number of hydrogen-bond acceptors (Lipinski definition) is 0. The maximum absolute atomic E-state index is 3.70. The molecule has 0 aliphatic carbocycles. The molecule has 0 nitrogen and oxygen atoms in total. The Hall–Kier alpha value is 0.406. The number of halogens is 1. The summed E-state index contributed by atoms with van der Waals surface area (Å²) < 4.78 is 0. The Morgan fingerprint density at radius 1 is 1.25 bits per heavy atom. The summed E-state index contributed by atoms with van der Waals surface area (Å²) in [6, 6.07) is 0. The van der Waals surface area contributed by atoms with E-state index >= 15 is 0 Å². The molecule has 0 heterocycles. The van der Waals surface area contributed by atoms with Crippen LogP contribution >= 0.6 is 0 Å². The molecule has 0 aromatic heterocycles. The summed E-state index contributed by atoms with van der Waals surface area (Å²) >= 11 is 0. The summed E-state index contributed by atoms with van der Waals surface area (Å²) in [6.07, 6.45) is 6.49. The number of rotatable bonds is 3. The van der Waals surface area contributed by atoms with Crippen molar-refractivity contribution < 1.29 is 12.4 Å². The topological polar surface area (TPSA) is 0 Å². The smallest absolute Gasteiger partial charge is 1.00 e. The fourth-order valence-corrected chi connectivity index (χ4v) is 0.691. The van der Waals surface area contributed by atoms with E-state index in [-0.39, 0.29) is 35.5 Å². The van der Waals surface area contributed by atoms with Gasteiger partial charge in [-0.05, 0) is 20.3 Å². The molecule has 0 spiro atoms. The molecule has 0 aliphatic heterocycles. The summed E-state index contributed by atoms with van der Waals surface area (Å²) in [5.74, 6) is 0. The molecule has 12 heavy (non-hydrogen) atoms. The third-order valence-electron chi connectivity index (χ3n) is 1.44. The molecule has 0 bridgehead atoms. The van der Waals surface area contributed by atoms with Crippen LogP contribution in [0.3, 0.4) is 0 Å². The van der Waals surface area contributed by atoms with Crippen LogP contribution in [0.4, 0.5) is 0 Å². The van der Waals surface area contributed by atoms with Gasteiger partial charge >= 0.3 is 23.1 Å². The Morgan fingerprint density at radius 3 is 2.08 bits per heavy atom. The fraction of sp³-hybridized carbons (Fsp3) is 0.500. The summed E-state index contributed by atoms with van der Waals surface area (Å²) in [5, 5.41) is 0. The average molecular weight is 197 g/mol. The van der Waals surface area contributed by atoms with Crippen LogP contribution < -0.4 is 12.4 Å². The first-order valence-electron chi connectivity index (χ1n) is 3.75. The zero-order valence-corrected chi connectivity index (χ0v) is 10.5. The number of allylic oxidation sites excluding steroid dienone is 4. The Labute approximate surface area is 99.1 Å². The molecule has 0 radical (unpaired) electrons. The first-order valence-corrected chi connectivity index (χ1v) is 3.75. The van der Waals surface area contributed by atoms with Crippen LogP contribution in [0.25, 0.3) is 0 Å². The summed E-state index contributed by atoms with van der Waals surface area (Å²) in [4.78, 5) is 0. The fourth-order valence-electron chi connectivity index (χ4n) is 0.691. The zero-order valence-electron chi connectivity index (χ0n) is 8.36. The van der Waals surface area contributed by atoms with Crippen LogP contribution in [0.5, 0.6) is 0 Å². The number of hydrogen-bond donors (Lipinski definition) is 0. The van der Waals surface area contributed by atoms with E-state index in [1.54, 1.807) is 0 Å². The van der Waals surface area contributed by atoms with Crippen LogP contribution in [-0.4, -0.2) is 23.1 Å². The van der Waals surface area contributed by atoms with Gasteiger partial charge in [0.15, 0.2) is 0 Å². The minimum absolute atomic E-state index is 0. The van der Waals surface area contributed by atoms with E-state index in [1.807, 2.05) is 6.08 Å². The van der Waals surface area contributed by atoms with Gasteiger partial charge in [-0.3, -0.25) is 0 Å². The molecule has 0 atom stereocenters. The Bertz CT molecular complexity index is 144. The van der Waals surface area contributed by atoms with Crippen LogP contribution in [-0.2, 0) is 0 Å². The van der Waals surface area contributed by atoms with Crippen molar-refractivity contribution in [3.63, 3.8) is 0 Å². The molecule has 66 valence electrons. The molecule has 0 fully saturated rings. The monoisotopic (exact) mass is 196 g/mol. The van der Waals surface area contributed by atoms with E-state index < -0.39 is 0 Å². The SMILES string of the molecule is [CH2-]/C=C(\C)CCC=C(C)C.[Cl-].[Mg+2]. The van der Waals surface area contributed by atoms with Gasteiger partial charge in [-0.15, -0.1) is 6.92 Å². The van der Waals surface area contributed by atoms with Crippen molar-refractivity contribution in [2.24, 2.45) is 0 Å². The van der Waals surface area contributed by atoms with Crippen molar-refractivity contribution in [2.45, 2.75) is 33.6 Å². The molecule has 0 aromatic rings. The molecule has 0 aliphatic rings. The van der Waals surface area contributed by atoms with Crippen molar-refractivity contribution >= 4 is 23.1 Å². The minimum Gasteiger partial charge on any atom is -1.00 e. The van der Waals surface area contributed by atoms with E-state index in [4.69, 9.17) is 0 Å². The second-order valence-corrected chi connectivity index (χ2v) is 2.87. The summed E-state index contributed by atoms with van der Waals surface area (Å²) in [7, 11) is 0. The van der Waals surface area contributed by atoms with Gasteiger partial charge in [-0.2, -0.15) is 0 Å². The maximum Gasteiger partial charge on any atom is 2.00 e. The molecule has 0 amide bonds. The van der Waals surface area contributed by atoms with Gasteiger partial charge in [-0.25, -0.2) is 18.6 Å². The zero-order chi connectivity index (χ0) is 7.98. The molecular weight excluding hydrogens is 180 g/mol. The van der Waals surface area contributed by atoms with E-state index in [9.17, 15) is 0 Å². The largest absolute Gasteiger partial charge is 2.00 e. The van der Waals surface area contributed by atoms with E-state index in [2.05, 4.69) is 33.8 Å². The minimum atomic E-state index is 0. The van der Waals surface area contributed by atoms with Gasteiger partial charge in [0.2, 0.25) is 0 Å². The Morgan fingerprint density at radius 2 is 1.75 bits per heavy atom. The molecule has 2 heteroatoms. The summed E-state index contributed by atoms with van der Waals surface area (Å²) in [5.41, 5.74) is 2.77. The van der Waals surface area contributed by atoms with Crippen molar-refractivity contribution in [1.29, 1.82) is 0 Å². The quantitative estimate of drug-likeness (QED) is 0.343.